The molecule has 3 rings (SSSR count). The molecule has 0 spiro atoms. The van der Waals surface area contributed by atoms with Crippen LogP contribution in [-0.2, 0) is 4.43 Å². The molecule has 0 radical (unpaired) electrons. The molecular formula is C16H24O2Si. The minimum absolute atomic E-state index is 0.0990. The topological polar surface area (TPSA) is 29.5 Å². The van der Waals surface area contributed by atoms with Gasteiger partial charge in [-0.05, 0) is 37.5 Å². The van der Waals surface area contributed by atoms with Crippen LogP contribution in [0.2, 0.25) is 19.1 Å². The van der Waals surface area contributed by atoms with Crippen LogP contribution in [0.15, 0.2) is 30.3 Å². The molecule has 0 unspecified atom stereocenters. The van der Waals surface area contributed by atoms with Gasteiger partial charge in [-0.15, -0.1) is 0 Å². The summed E-state index contributed by atoms with van der Waals surface area (Å²) in [5.74, 6) is 0.282. The Labute approximate surface area is 116 Å². The van der Waals surface area contributed by atoms with Crippen molar-refractivity contribution >= 4 is 8.32 Å². The average molecular weight is 276 g/mol. The predicted molar refractivity (Wildman–Crippen MR) is 79.5 cm³/mol. The molecule has 2 fully saturated rings. The van der Waals surface area contributed by atoms with Gasteiger partial charge in [-0.1, -0.05) is 43.2 Å². The monoisotopic (exact) mass is 276 g/mol. The molecule has 1 aromatic rings. The maximum absolute atomic E-state index is 11.1. The van der Waals surface area contributed by atoms with Crippen molar-refractivity contribution in [2.45, 2.75) is 56.5 Å². The van der Waals surface area contributed by atoms with Gasteiger partial charge in [0.25, 0.3) is 0 Å². The summed E-state index contributed by atoms with van der Waals surface area (Å²) in [5, 5.41) is 11.1. The van der Waals surface area contributed by atoms with E-state index in [1.165, 1.54) is 18.4 Å². The number of rotatable bonds is 1. The Balaban J connectivity index is 1.97. The highest BCUT2D eigenvalue weighted by molar-refractivity contribution is 6.71. The molecular weight excluding hydrogens is 252 g/mol. The molecule has 2 nitrogen and oxygen atoms in total. The van der Waals surface area contributed by atoms with Gasteiger partial charge >= 0.3 is 0 Å². The zero-order valence-electron chi connectivity index (χ0n) is 11.9. The number of hydrogen-bond acceptors (Lipinski definition) is 2. The van der Waals surface area contributed by atoms with Crippen LogP contribution in [0.3, 0.4) is 0 Å². The van der Waals surface area contributed by atoms with E-state index >= 15 is 0 Å². The summed E-state index contributed by atoms with van der Waals surface area (Å²) in [6.07, 6.45) is 4.55. The zero-order chi connectivity index (χ0) is 13.5. The summed E-state index contributed by atoms with van der Waals surface area (Å²) in [6.45, 7) is 4.48. The van der Waals surface area contributed by atoms with Gasteiger partial charge in [0.05, 0.1) is 11.7 Å². The highest BCUT2D eigenvalue weighted by atomic mass is 28.4. The first-order valence-electron chi connectivity index (χ1n) is 7.45. The Morgan fingerprint density at radius 1 is 1.21 bits per heavy atom. The molecule has 0 aromatic heterocycles. The lowest BCUT2D eigenvalue weighted by Crippen LogP contribution is -2.56. The molecule has 0 amide bonds. The van der Waals surface area contributed by atoms with Crippen molar-refractivity contribution in [1.82, 2.24) is 0 Å². The van der Waals surface area contributed by atoms with Crippen LogP contribution in [0.1, 0.15) is 37.4 Å². The van der Waals surface area contributed by atoms with Crippen LogP contribution < -0.4 is 0 Å². The average Bonchev–Trinajstić information content (AvgIpc) is 2.36. The number of aliphatic hydroxyl groups is 1. The largest absolute Gasteiger partial charge is 0.410 e. The molecule has 3 heteroatoms. The lowest BCUT2D eigenvalue weighted by atomic mass is 9.72. The van der Waals surface area contributed by atoms with Crippen LogP contribution in [0.25, 0.3) is 0 Å². The fourth-order valence-electron chi connectivity index (χ4n) is 4.05. The second-order valence-corrected chi connectivity index (χ2v) is 11.0. The summed E-state index contributed by atoms with van der Waals surface area (Å²) in [5.41, 5.74) is 0.764. The van der Waals surface area contributed by atoms with Crippen LogP contribution in [0, 0.1) is 5.92 Å². The molecule has 1 aromatic carbocycles. The molecule has 0 bridgehead atoms. The van der Waals surface area contributed by atoms with Gasteiger partial charge in [-0.2, -0.15) is 0 Å². The maximum Gasteiger partial charge on any atom is 0.190 e. The van der Waals surface area contributed by atoms with E-state index in [-0.39, 0.29) is 12.0 Å². The number of fused-ring (bicyclic) bond motifs is 1. The lowest BCUT2D eigenvalue weighted by Gasteiger charge is -2.52. The smallest absolute Gasteiger partial charge is 0.190 e. The summed E-state index contributed by atoms with van der Waals surface area (Å²) in [6, 6.07) is 11.4. The third-order valence-corrected chi connectivity index (χ3v) is 7.09. The lowest BCUT2D eigenvalue weighted by molar-refractivity contribution is -0.103. The van der Waals surface area contributed by atoms with Gasteiger partial charge in [0.1, 0.15) is 0 Å². The summed E-state index contributed by atoms with van der Waals surface area (Å²) >= 11 is 0. The zero-order valence-corrected chi connectivity index (χ0v) is 12.9. The third-order valence-electron chi connectivity index (χ3n) is 4.74. The van der Waals surface area contributed by atoms with Crippen molar-refractivity contribution in [2.75, 3.05) is 0 Å². The van der Waals surface area contributed by atoms with Crippen molar-refractivity contribution in [1.29, 1.82) is 0 Å². The normalized spacial score (nSPS) is 37.6. The van der Waals surface area contributed by atoms with E-state index < -0.39 is 13.9 Å². The molecule has 19 heavy (non-hydrogen) atoms. The van der Waals surface area contributed by atoms with Crippen LogP contribution >= 0.6 is 0 Å². The molecule has 1 heterocycles. The fraction of sp³-hybridized carbons (Fsp3) is 0.625. The Kier molecular flexibility index (Phi) is 3.32. The molecule has 2 aliphatic rings. The summed E-state index contributed by atoms with van der Waals surface area (Å²) in [4.78, 5) is 0. The second kappa shape index (κ2) is 4.72. The Hall–Kier alpha value is -0.643. The SMILES string of the molecule is C[Si]1(C)C[C@@]2(O)CCCC[C@@H]2[C@H](c2ccccc2)O1. The Morgan fingerprint density at radius 3 is 2.68 bits per heavy atom. The molecule has 1 aliphatic heterocycles. The first kappa shape index (κ1) is 13.3. The second-order valence-electron chi connectivity index (χ2n) is 6.84. The first-order valence-corrected chi connectivity index (χ1v) is 10.6. The van der Waals surface area contributed by atoms with Gasteiger partial charge in [0.15, 0.2) is 8.32 Å². The quantitative estimate of drug-likeness (QED) is 0.789. The molecule has 1 saturated carbocycles. The molecule has 3 atom stereocenters. The van der Waals surface area contributed by atoms with E-state index in [4.69, 9.17) is 4.43 Å². The highest BCUT2D eigenvalue weighted by Gasteiger charge is 2.53. The molecule has 1 saturated heterocycles. The highest BCUT2D eigenvalue weighted by Crippen LogP contribution is 2.51. The van der Waals surface area contributed by atoms with E-state index in [9.17, 15) is 5.11 Å². The van der Waals surface area contributed by atoms with Gasteiger partial charge in [-0.25, -0.2) is 0 Å². The molecule has 104 valence electrons. The van der Waals surface area contributed by atoms with Gasteiger partial charge in [0.2, 0.25) is 0 Å². The van der Waals surface area contributed by atoms with Crippen LogP contribution in [0.4, 0.5) is 0 Å². The van der Waals surface area contributed by atoms with Crippen molar-refractivity contribution in [3.8, 4) is 0 Å². The Morgan fingerprint density at radius 2 is 1.95 bits per heavy atom. The van der Waals surface area contributed by atoms with E-state index in [1.54, 1.807) is 0 Å². The first-order chi connectivity index (χ1) is 9.00. The van der Waals surface area contributed by atoms with E-state index in [0.717, 1.165) is 18.9 Å². The molecule has 1 aliphatic carbocycles. The van der Waals surface area contributed by atoms with Crippen molar-refractivity contribution in [2.24, 2.45) is 5.92 Å². The minimum atomic E-state index is -1.77. The van der Waals surface area contributed by atoms with E-state index in [0.29, 0.717) is 0 Å². The van der Waals surface area contributed by atoms with Gasteiger partial charge < -0.3 is 9.53 Å². The fourth-order valence-corrected chi connectivity index (χ4v) is 7.03. The summed E-state index contributed by atoms with van der Waals surface area (Å²) < 4.78 is 6.47. The van der Waals surface area contributed by atoms with E-state index in [2.05, 4.69) is 37.4 Å². The number of hydrogen-bond donors (Lipinski definition) is 1. The van der Waals surface area contributed by atoms with Gasteiger partial charge in [-0.3, -0.25) is 0 Å². The summed E-state index contributed by atoms with van der Waals surface area (Å²) in [7, 11) is -1.77. The van der Waals surface area contributed by atoms with Crippen molar-refractivity contribution in [3.63, 3.8) is 0 Å². The minimum Gasteiger partial charge on any atom is -0.410 e. The number of benzene rings is 1. The van der Waals surface area contributed by atoms with Crippen molar-refractivity contribution in [3.05, 3.63) is 35.9 Å². The van der Waals surface area contributed by atoms with Crippen LogP contribution in [0.5, 0.6) is 0 Å². The van der Waals surface area contributed by atoms with E-state index in [1.807, 2.05) is 6.07 Å². The maximum atomic E-state index is 11.1. The van der Waals surface area contributed by atoms with Crippen molar-refractivity contribution < 1.29 is 9.53 Å². The third kappa shape index (κ3) is 2.51. The molecule has 1 N–H and O–H groups in total. The van der Waals surface area contributed by atoms with Crippen LogP contribution in [-0.4, -0.2) is 19.0 Å². The Bertz CT molecular complexity index is 445. The standard InChI is InChI=1S/C16H24O2Si/c1-19(2)12-16(17)11-7-6-10-14(16)15(18-19)13-8-4-3-5-9-13/h3-5,8-9,14-15,17H,6-7,10-12H2,1-2H3/t14-,15+,16+/m1/s1. The van der Waals surface area contributed by atoms with Gasteiger partial charge in [0, 0.05) is 5.92 Å². The predicted octanol–water partition coefficient (Wildman–Crippen LogP) is 3.88.